The highest BCUT2D eigenvalue weighted by molar-refractivity contribution is 6.30. The van der Waals surface area contributed by atoms with Gasteiger partial charge in [-0.15, -0.1) is 0 Å². The Kier molecular flexibility index (Phi) is 4.53. The van der Waals surface area contributed by atoms with Gasteiger partial charge in [-0.25, -0.2) is 4.98 Å². The molecule has 0 saturated carbocycles. The number of nitrogens with one attached hydrogen (secondary N) is 1. The van der Waals surface area contributed by atoms with E-state index in [1.165, 1.54) is 0 Å². The SMILES string of the molecule is Cc1cccc(C(=O)NCCc2cccc(Cl)c2)n1. The van der Waals surface area contributed by atoms with E-state index < -0.39 is 0 Å². The van der Waals surface area contributed by atoms with Gasteiger partial charge in [0.25, 0.3) is 5.91 Å². The minimum Gasteiger partial charge on any atom is -0.350 e. The lowest BCUT2D eigenvalue weighted by atomic mass is 10.1. The maximum atomic E-state index is 11.9. The molecule has 98 valence electrons. The lowest BCUT2D eigenvalue weighted by molar-refractivity contribution is 0.0949. The summed E-state index contributed by atoms with van der Waals surface area (Å²) in [4.78, 5) is 16.0. The molecule has 0 unspecified atom stereocenters. The highest BCUT2D eigenvalue weighted by Gasteiger charge is 2.06. The van der Waals surface area contributed by atoms with Crippen molar-refractivity contribution < 1.29 is 4.79 Å². The molecule has 0 atom stereocenters. The van der Waals surface area contributed by atoms with Crippen LogP contribution in [0.3, 0.4) is 0 Å². The summed E-state index contributed by atoms with van der Waals surface area (Å²) in [7, 11) is 0. The molecule has 1 aromatic heterocycles. The van der Waals surface area contributed by atoms with E-state index in [0.717, 1.165) is 17.7 Å². The molecule has 1 heterocycles. The van der Waals surface area contributed by atoms with Gasteiger partial charge < -0.3 is 5.32 Å². The Balaban J connectivity index is 1.87. The van der Waals surface area contributed by atoms with E-state index >= 15 is 0 Å². The van der Waals surface area contributed by atoms with Gasteiger partial charge in [0.05, 0.1) is 0 Å². The van der Waals surface area contributed by atoms with Crippen molar-refractivity contribution in [2.24, 2.45) is 0 Å². The third kappa shape index (κ3) is 4.07. The van der Waals surface area contributed by atoms with Crippen molar-refractivity contribution in [3.63, 3.8) is 0 Å². The predicted octanol–water partition coefficient (Wildman–Crippen LogP) is 3.02. The molecule has 1 N–H and O–H groups in total. The van der Waals surface area contributed by atoms with Gasteiger partial charge >= 0.3 is 0 Å². The second-order valence-electron chi connectivity index (χ2n) is 4.30. The average molecular weight is 275 g/mol. The summed E-state index contributed by atoms with van der Waals surface area (Å²) in [5, 5.41) is 3.56. The molecule has 0 radical (unpaired) electrons. The molecule has 1 aromatic carbocycles. The summed E-state index contributed by atoms with van der Waals surface area (Å²) in [5.41, 5.74) is 2.39. The van der Waals surface area contributed by atoms with Crippen molar-refractivity contribution in [1.82, 2.24) is 10.3 Å². The van der Waals surface area contributed by atoms with Gasteiger partial charge in [-0.2, -0.15) is 0 Å². The van der Waals surface area contributed by atoms with Crippen LogP contribution in [0.25, 0.3) is 0 Å². The van der Waals surface area contributed by atoms with Crippen molar-refractivity contribution in [2.45, 2.75) is 13.3 Å². The van der Waals surface area contributed by atoms with E-state index in [-0.39, 0.29) is 5.91 Å². The fraction of sp³-hybridized carbons (Fsp3) is 0.200. The van der Waals surface area contributed by atoms with Crippen molar-refractivity contribution in [3.05, 3.63) is 64.4 Å². The van der Waals surface area contributed by atoms with Gasteiger partial charge in [-0.05, 0) is 43.2 Å². The normalized spacial score (nSPS) is 10.2. The minimum atomic E-state index is -0.147. The number of carbonyl (C=O) groups excluding carboxylic acids is 1. The second kappa shape index (κ2) is 6.34. The van der Waals surface area contributed by atoms with Gasteiger partial charge in [0.2, 0.25) is 0 Å². The van der Waals surface area contributed by atoms with E-state index in [1.54, 1.807) is 6.07 Å². The Morgan fingerprint density at radius 3 is 2.79 bits per heavy atom. The zero-order valence-electron chi connectivity index (χ0n) is 10.7. The molecule has 0 fully saturated rings. The Labute approximate surface area is 117 Å². The molecule has 0 saturated heterocycles. The molecule has 3 nitrogen and oxygen atoms in total. The number of aryl methyl sites for hydroxylation is 1. The summed E-state index contributed by atoms with van der Waals surface area (Å²) in [6.07, 6.45) is 0.748. The summed E-state index contributed by atoms with van der Waals surface area (Å²) in [6, 6.07) is 13.0. The van der Waals surface area contributed by atoms with Crippen LogP contribution in [0.4, 0.5) is 0 Å². The van der Waals surface area contributed by atoms with Crippen LogP contribution in [0.15, 0.2) is 42.5 Å². The van der Waals surface area contributed by atoms with Crippen molar-refractivity contribution in [2.75, 3.05) is 6.54 Å². The molecule has 19 heavy (non-hydrogen) atoms. The number of hydrogen-bond donors (Lipinski definition) is 1. The maximum Gasteiger partial charge on any atom is 0.269 e. The first-order valence-electron chi connectivity index (χ1n) is 6.11. The first-order chi connectivity index (χ1) is 9.15. The zero-order chi connectivity index (χ0) is 13.7. The molecule has 0 bridgehead atoms. The molecule has 4 heteroatoms. The highest BCUT2D eigenvalue weighted by atomic mass is 35.5. The minimum absolute atomic E-state index is 0.147. The van der Waals surface area contributed by atoms with Crippen molar-refractivity contribution in [1.29, 1.82) is 0 Å². The van der Waals surface area contributed by atoms with Crippen LogP contribution >= 0.6 is 11.6 Å². The largest absolute Gasteiger partial charge is 0.350 e. The number of nitrogens with zero attached hydrogens (tertiary/aromatic N) is 1. The van der Waals surface area contributed by atoms with E-state index in [9.17, 15) is 4.79 Å². The number of aromatic nitrogens is 1. The van der Waals surface area contributed by atoms with Crippen molar-refractivity contribution in [3.8, 4) is 0 Å². The molecule has 0 aliphatic carbocycles. The van der Waals surface area contributed by atoms with Gasteiger partial charge in [0, 0.05) is 17.3 Å². The van der Waals surface area contributed by atoms with E-state index in [4.69, 9.17) is 11.6 Å². The van der Waals surface area contributed by atoms with E-state index in [1.807, 2.05) is 43.3 Å². The molecule has 2 rings (SSSR count). The number of carbonyl (C=O) groups is 1. The number of rotatable bonds is 4. The summed E-state index contributed by atoms with van der Waals surface area (Å²) in [6.45, 7) is 2.43. The summed E-state index contributed by atoms with van der Waals surface area (Å²) in [5.74, 6) is -0.147. The summed E-state index contributed by atoms with van der Waals surface area (Å²) < 4.78 is 0. The first kappa shape index (κ1) is 13.6. The third-order valence-electron chi connectivity index (χ3n) is 2.71. The molecular weight excluding hydrogens is 260 g/mol. The Hall–Kier alpha value is -1.87. The van der Waals surface area contributed by atoms with Crippen molar-refractivity contribution >= 4 is 17.5 Å². The smallest absolute Gasteiger partial charge is 0.269 e. The third-order valence-corrected chi connectivity index (χ3v) is 2.94. The average Bonchev–Trinajstić information content (AvgIpc) is 2.38. The van der Waals surface area contributed by atoms with Crippen LogP contribution in [-0.2, 0) is 6.42 Å². The van der Waals surface area contributed by atoms with E-state index in [2.05, 4.69) is 10.3 Å². The fourth-order valence-corrected chi connectivity index (χ4v) is 1.99. The number of pyridine rings is 1. The maximum absolute atomic E-state index is 11.9. The van der Waals surface area contributed by atoms with Crippen LogP contribution in [-0.4, -0.2) is 17.4 Å². The Morgan fingerprint density at radius 1 is 1.26 bits per heavy atom. The lowest BCUT2D eigenvalue weighted by Crippen LogP contribution is -2.26. The van der Waals surface area contributed by atoms with Gasteiger partial charge in [0.15, 0.2) is 0 Å². The molecule has 0 aliphatic heterocycles. The molecular formula is C15H15ClN2O. The monoisotopic (exact) mass is 274 g/mol. The number of benzene rings is 1. The van der Waals surface area contributed by atoms with Crippen LogP contribution in [0.2, 0.25) is 5.02 Å². The first-order valence-corrected chi connectivity index (χ1v) is 6.49. The summed E-state index contributed by atoms with van der Waals surface area (Å²) >= 11 is 5.90. The van der Waals surface area contributed by atoms with Crippen LogP contribution in [0.1, 0.15) is 21.7 Å². The Morgan fingerprint density at radius 2 is 2.05 bits per heavy atom. The fourth-order valence-electron chi connectivity index (χ4n) is 1.77. The van der Waals surface area contributed by atoms with Crippen LogP contribution in [0, 0.1) is 6.92 Å². The topological polar surface area (TPSA) is 42.0 Å². The predicted molar refractivity (Wildman–Crippen MR) is 76.5 cm³/mol. The number of halogens is 1. The van der Waals surface area contributed by atoms with Gasteiger partial charge in [-0.1, -0.05) is 29.8 Å². The van der Waals surface area contributed by atoms with Crippen LogP contribution < -0.4 is 5.32 Å². The second-order valence-corrected chi connectivity index (χ2v) is 4.74. The number of amides is 1. The van der Waals surface area contributed by atoms with Gasteiger partial charge in [-0.3, -0.25) is 4.79 Å². The van der Waals surface area contributed by atoms with E-state index in [0.29, 0.717) is 17.3 Å². The zero-order valence-corrected chi connectivity index (χ0v) is 11.4. The Bertz CT molecular complexity index is 584. The molecule has 0 spiro atoms. The highest BCUT2D eigenvalue weighted by Crippen LogP contribution is 2.10. The standard InChI is InChI=1S/C15H15ClN2O/c1-11-4-2-7-14(18-11)15(19)17-9-8-12-5-3-6-13(16)10-12/h2-7,10H,8-9H2,1H3,(H,17,19). The molecule has 1 amide bonds. The van der Waals surface area contributed by atoms with Gasteiger partial charge in [0.1, 0.15) is 5.69 Å². The lowest BCUT2D eigenvalue weighted by Gasteiger charge is -2.05. The molecule has 2 aromatic rings. The van der Waals surface area contributed by atoms with Crippen LogP contribution in [0.5, 0.6) is 0 Å². The number of hydrogen-bond acceptors (Lipinski definition) is 2. The molecule has 0 aliphatic rings. The quantitative estimate of drug-likeness (QED) is 0.931.